The van der Waals surface area contributed by atoms with Crippen LogP contribution in [0.2, 0.25) is 0 Å². The second-order valence-electron chi connectivity index (χ2n) is 5.24. The first-order valence-corrected chi connectivity index (χ1v) is 7.44. The number of nitrogens with one attached hydrogen (secondary N) is 1. The van der Waals surface area contributed by atoms with Gasteiger partial charge in [0.25, 0.3) is 5.91 Å². The minimum atomic E-state index is -0.533. The lowest BCUT2D eigenvalue weighted by molar-refractivity contribution is 0.0565. The maximum Gasteiger partial charge on any atom is 0.251 e. The normalized spacial score (nSPS) is 15.1. The minimum Gasteiger partial charge on any atom is -0.494 e. The Kier molecular flexibility index (Phi) is 5.99. The van der Waals surface area contributed by atoms with E-state index in [1.807, 2.05) is 0 Å². The lowest BCUT2D eigenvalue weighted by Gasteiger charge is -2.11. The molecule has 1 aliphatic carbocycles. The molecule has 1 aromatic carbocycles. The first-order valence-electron chi connectivity index (χ1n) is 7.44. The summed E-state index contributed by atoms with van der Waals surface area (Å²) >= 11 is 0. The molecule has 5 heteroatoms. The Bertz CT molecular complexity index is 473. The van der Waals surface area contributed by atoms with Gasteiger partial charge in [0, 0.05) is 18.7 Å². The second-order valence-corrected chi connectivity index (χ2v) is 5.24. The van der Waals surface area contributed by atoms with Gasteiger partial charge in [-0.3, -0.25) is 4.79 Å². The third-order valence-corrected chi connectivity index (χ3v) is 3.68. The van der Waals surface area contributed by atoms with Crippen molar-refractivity contribution in [2.45, 2.75) is 38.2 Å². The van der Waals surface area contributed by atoms with Crippen molar-refractivity contribution < 1.29 is 18.7 Å². The van der Waals surface area contributed by atoms with Crippen molar-refractivity contribution in [2.75, 3.05) is 20.3 Å². The Labute approximate surface area is 124 Å². The standard InChI is InChI=1S/C16H22FNO3/c1-20-15-8-7-12(11-14(15)17)16(19)18-9-4-10-21-13-5-2-3-6-13/h7-8,11,13H,2-6,9-10H2,1H3,(H,18,19). The number of carbonyl (C=O) groups excluding carboxylic acids is 1. The molecule has 2 rings (SSSR count). The number of hydrogen-bond donors (Lipinski definition) is 1. The molecule has 1 fully saturated rings. The zero-order valence-electron chi connectivity index (χ0n) is 12.4. The van der Waals surface area contributed by atoms with Gasteiger partial charge in [0.1, 0.15) is 0 Å². The third-order valence-electron chi connectivity index (χ3n) is 3.68. The number of benzene rings is 1. The van der Waals surface area contributed by atoms with E-state index in [0.29, 0.717) is 24.8 Å². The van der Waals surface area contributed by atoms with E-state index in [1.54, 1.807) is 6.07 Å². The molecule has 0 aromatic heterocycles. The maximum atomic E-state index is 13.5. The molecule has 1 aliphatic rings. The number of hydrogen-bond acceptors (Lipinski definition) is 3. The monoisotopic (exact) mass is 295 g/mol. The van der Waals surface area contributed by atoms with Crippen LogP contribution in [0.15, 0.2) is 18.2 Å². The van der Waals surface area contributed by atoms with E-state index in [4.69, 9.17) is 9.47 Å². The highest BCUT2D eigenvalue weighted by molar-refractivity contribution is 5.94. The molecule has 21 heavy (non-hydrogen) atoms. The van der Waals surface area contributed by atoms with Gasteiger partial charge in [-0.15, -0.1) is 0 Å². The summed E-state index contributed by atoms with van der Waals surface area (Å²) in [5.41, 5.74) is 0.296. The number of halogens is 1. The summed E-state index contributed by atoms with van der Waals surface area (Å²) < 4.78 is 24.0. The van der Waals surface area contributed by atoms with Crippen LogP contribution < -0.4 is 10.1 Å². The molecular formula is C16H22FNO3. The molecule has 1 N–H and O–H groups in total. The summed E-state index contributed by atoms with van der Waals surface area (Å²) in [6, 6.07) is 4.18. The molecule has 1 aromatic rings. The van der Waals surface area contributed by atoms with E-state index in [1.165, 1.54) is 32.1 Å². The minimum absolute atomic E-state index is 0.136. The van der Waals surface area contributed by atoms with Crippen LogP contribution in [0.4, 0.5) is 4.39 Å². The molecular weight excluding hydrogens is 273 g/mol. The Morgan fingerprint density at radius 3 is 2.81 bits per heavy atom. The van der Waals surface area contributed by atoms with E-state index in [-0.39, 0.29) is 11.7 Å². The number of ether oxygens (including phenoxy) is 2. The van der Waals surface area contributed by atoms with Crippen molar-refractivity contribution in [3.8, 4) is 5.75 Å². The van der Waals surface area contributed by atoms with Gasteiger partial charge in [0.15, 0.2) is 11.6 Å². The summed E-state index contributed by atoms with van der Waals surface area (Å²) in [4.78, 5) is 11.9. The van der Waals surface area contributed by atoms with Gasteiger partial charge in [-0.05, 0) is 37.5 Å². The quantitative estimate of drug-likeness (QED) is 0.787. The molecule has 0 atom stereocenters. The topological polar surface area (TPSA) is 47.6 Å². The molecule has 0 heterocycles. The van der Waals surface area contributed by atoms with Crippen LogP contribution in [0.3, 0.4) is 0 Å². The lowest BCUT2D eigenvalue weighted by atomic mass is 10.2. The largest absolute Gasteiger partial charge is 0.494 e. The van der Waals surface area contributed by atoms with Crippen molar-refractivity contribution in [1.82, 2.24) is 5.32 Å². The molecule has 0 bridgehead atoms. The van der Waals surface area contributed by atoms with E-state index in [0.717, 1.165) is 19.3 Å². The Hall–Kier alpha value is -1.62. The third kappa shape index (κ3) is 4.70. The molecule has 0 saturated heterocycles. The summed E-state index contributed by atoms with van der Waals surface area (Å²) in [5.74, 6) is -0.677. The average molecular weight is 295 g/mol. The molecule has 0 radical (unpaired) electrons. The number of amides is 1. The number of rotatable bonds is 7. The molecule has 0 spiro atoms. The smallest absolute Gasteiger partial charge is 0.251 e. The summed E-state index contributed by atoms with van der Waals surface area (Å²) in [6.45, 7) is 1.18. The molecule has 1 amide bonds. The predicted molar refractivity (Wildman–Crippen MR) is 78.1 cm³/mol. The van der Waals surface area contributed by atoms with Crippen molar-refractivity contribution in [3.05, 3.63) is 29.6 Å². The van der Waals surface area contributed by atoms with Crippen LogP contribution in [-0.4, -0.2) is 32.3 Å². The highest BCUT2D eigenvalue weighted by atomic mass is 19.1. The van der Waals surface area contributed by atoms with Gasteiger partial charge < -0.3 is 14.8 Å². The zero-order valence-corrected chi connectivity index (χ0v) is 12.4. The first kappa shape index (κ1) is 15.8. The van der Waals surface area contributed by atoms with Crippen LogP contribution >= 0.6 is 0 Å². The van der Waals surface area contributed by atoms with Crippen molar-refractivity contribution >= 4 is 5.91 Å². The maximum absolute atomic E-state index is 13.5. The predicted octanol–water partition coefficient (Wildman–Crippen LogP) is 2.91. The molecule has 1 saturated carbocycles. The van der Waals surface area contributed by atoms with E-state index in [2.05, 4.69) is 5.32 Å². The van der Waals surface area contributed by atoms with Gasteiger partial charge in [-0.25, -0.2) is 4.39 Å². The lowest BCUT2D eigenvalue weighted by Crippen LogP contribution is -2.25. The van der Waals surface area contributed by atoms with Crippen LogP contribution in [0, 0.1) is 5.82 Å². The molecule has 4 nitrogen and oxygen atoms in total. The van der Waals surface area contributed by atoms with Gasteiger partial charge in [0.2, 0.25) is 0 Å². The summed E-state index contributed by atoms with van der Waals surface area (Å²) in [5, 5.41) is 2.76. The van der Waals surface area contributed by atoms with Gasteiger partial charge in [0.05, 0.1) is 13.2 Å². The fourth-order valence-corrected chi connectivity index (χ4v) is 2.49. The number of methoxy groups -OCH3 is 1. The molecule has 0 aliphatic heterocycles. The van der Waals surface area contributed by atoms with Crippen LogP contribution in [-0.2, 0) is 4.74 Å². The highest BCUT2D eigenvalue weighted by Gasteiger charge is 2.14. The number of carbonyl (C=O) groups is 1. The fraction of sp³-hybridized carbons (Fsp3) is 0.562. The summed E-state index contributed by atoms with van der Waals surface area (Å²) in [7, 11) is 1.39. The van der Waals surface area contributed by atoms with Crippen LogP contribution in [0.5, 0.6) is 5.75 Å². The van der Waals surface area contributed by atoms with E-state index in [9.17, 15) is 9.18 Å². The fourth-order valence-electron chi connectivity index (χ4n) is 2.49. The highest BCUT2D eigenvalue weighted by Crippen LogP contribution is 2.21. The van der Waals surface area contributed by atoms with Gasteiger partial charge in [-0.2, -0.15) is 0 Å². The van der Waals surface area contributed by atoms with Crippen LogP contribution in [0.25, 0.3) is 0 Å². The van der Waals surface area contributed by atoms with E-state index >= 15 is 0 Å². The zero-order chi connectivity index (χ0) is 15.1. The van der Waals surface area contributed by atoms with Gasteiger partial charge in [-0.1, -0.05) is 12.8 Å². The van der Waals surface area contributed by atoms with Crippen molar-refractivity contribution in [1.29, 1.82) is 0 Å². The Balaban J connectivity index is 1.68. The average Bonchev–Trinajstić information content (AvgIpc) is 3.00. The van der Waals surface area contributed by atoms with Crippen LogP contribution in [0.1, 0.15) is 42.5 Å². The SMILES string of the molecule is COc1ccc(C(=O)NCCCOC2CCCC2)cc1F. The molecule has 116 valence electrons. The van der Waals surface area contributed by atoms with Gasteiger partial charge >= 0.3 is 0 Å². The van der Waals surface area contributed by atoms with Crippen molar-refractivity contribution in [2.24, 2.45) is 0 Å². The second kappa shape index (κ2) is 7.98. The van der Waals surface area contributed by atoms with Crippen molar-refractivity contribution in [3.63, 3.8) is 0 Å². The molecule has 0 unspecified atom stereocenters. The summed E-state index contributed by atoms with van der Waals surface area (Å²) in [6.07, 6.45) is 5.97. The Morgan fingerprint density at radius 2 is 2.14 bits per heavy atom. The Morgan fingerprint density at radius 1 is 1.38 bits per heavy atom. The first-order chi connectivity index (χ1) is 10.2. The van der Waals surface area contributed by atoms with E-state index < -0.39 is 5.82 Å².